The Labute approximate surface area is 118 Å². The SMILES string of the molecule is Cc1ccc(C)c(C(N)c2ccc3nccnc3c2)c1. The first kappa shape index (κ1) is 12.8. The molecule has 0 saturated carbocycles. The van der Waals surface area contributed by atoms with Crippen molar-refractivity contribution in [1.29, 1.82) is 0 Å². The zero-order chi connectivity index (χ0) is 14.1. The van der Waals surface area contributed by atoms with E-state index in [0.717, 1.165) is 22.2 Å². The summed E-state index contributed by atoms with van der Waals surface area (Å²) in [5.41, 5.74) is 12.9. The van der Waals surface area contributed by atoms with Crippen LogP contribution in [-0.2, 0) is 0 Å². The zero-order valence-corrected chi connectivity index (χ0v) is 11.7. The molecule has 3 nitrogen and oxygen atoms in total. The highest BCUT2D eigenvalue weighted by atomic mass is 14.8. The van der Waals surface area contributed by atoms with Gasteiger partial charge in [0.25, 0.3) is 0 Å². The van der Waals surface area contributed by atoms with Gasteiger partial charge in [-0.3, -0.25) is 9.97 Å². The van der Waals surface area contributed by atoms with Crippen molar-refractivity contribution in [3.8, 4) is 0 Å². The van der Waals surface area contributed by atoms with E-state index in [4.69, 9.17) is 5.73 Å². The number of benzene rings is 2. The molecular formula is C17H17N3. The van der Waals surface area contributed by atoms with Crippen LogP contribution >= 0.6 is 0 Å². The van der Waals surface area contributed by atoms with E-state index < -0.39 is 0 Å². The number of nitrogens with two attached hydrogens (primary N) is 1. The Morgan fingerprint density at radius 2 is 1.65 bits per heavy atom. The second-order valence-electron chi connectivity index (χ2n) is 5.14. The Balaban J connectivity index is 2.07. The van der Waals surface area contributed by atoms with Gasteiger partial charge in [0.1, 0.15) is 0 Å². The molecule has 3 rings (SSSR count). The van der Waals surface area contributed by atoms with E-state index in [0.29, 0.717) is 0 Å². The number of hydrogen-bond acceptors (Lipinski definition) is 3. The minimum atomic E-state index is -0.138. The van der Waals surface area contributed by atoms with Crippen molar-refractivity contribution < 1.29 is 0 Å². The van der Waals surface area contributed by atoms with Crippen molar-refractivity contribution in [3.63, 3.8) is 0 Å². The fraction of sp³-hybridized carbons (Fsp3) is 0.176. The molecule has 1 heterocycles. The lowest BCUT2D eigenvalue weighted by Crippen LogP contribution is -2.13. The lowest BCUT2D eigenvalue weighted by molar-refractivity contribution is 0.861. The highest BCUT2D eigenvalue weighted by molar-refractivity contribution is 5.74. The molecule has 1 aromatic heterocycles. The fourth-order valence-electron chi connectivity index (χ4n) is 2.45. The van der Waals surface area contributed by atoms with Gasteiger partial charge in [-0.2, -0.15) is 0 Å². The number of aryl methyl sites for hydroxylation is 2. The van der Waals surface area contributed by atoms with Gasteiger partial charge in [0.15, 0.2) is 0 Å². The predicted molar refractivity (Wildman–Crippen MR) is 81.5 cm³/mol. The Bertz CT molecular complexity index is 765. The van der Waals surface area contributed by atoms with Crippen LogP contribution in [0.15, 0.2) is 48.8 Å². The molecular weight excluding hydrogens is 246 g/mol. The summed E-state index contributed by atoms with van der Waals surface area (Å²) in [6, 6.07) is 12.3. The molecule has 0 saturated heterocycles. The van der Waals surface area contributed by atoms with Gasteiger partial charge in [0.2, 0.25) is 0 Å². The molecule has 3 heteroatoms. The van der Waals surface area contributed by atoms with Crippen molar-refractivity contribution in [2.24, 2.45) is 5.73 Å². The zero-order valence-electron chi connectivity index (χ0n) is 11.7. The number of rotatable bonds is 2. The Morgan fingerprint density at radius 3 is 2.45 bits per heavy atom. The molecule has 2 N–H and O–H groups in total. The van der Waals surface area contributed by atoms with Gasteiger partial charge in [-0.15, -0.1) is 0 Å². The van der Waals surface area contributed by atoms with Gasteiger partial charge in [-0.25, -0.2) is 0 Å². The largest absolute Gasteiger partial charge is 0.320 e. The van der Waals surface area contributed by atoms with E-state index in [9.17, 15) is 0 Å². The summed E-state index contributed by atoms with van der Waals surface area (Å²) in [5, 5.41) is 0. The van der Waals surface area contributed by atoms with Gasteiger partial charge in [-0.05, 0) is 42.7 Å². The molecule has 0 aliphatic heterocycles. The molecule has 3 aromatic rings. The van der Waals surface area contributed by atoms with Crippen molar-refractivity contribution in [3.05, 3.63) is 71.0 Å². The molecule has 0 bridgehead atoms. The first-order valence-corrected chi connectivity index (χ1v) is 6.68. The maximum absolute atomic E-state index is 6.43. The highest BCUT2D eigenvalue weighted by Crippen LogP contribution is 2.25. The molecule has 2 aromatic carbocycles. The Hall–Kier alpha value is -2.26. The maximum atomic E-state index is 6.43. The summed E-state index contributed by atoms with van der Waals surface area (Å²) in [6.45, 7) is 4.18. The lowest BCUT2D eigenvalue weighted by atomic mass is 9.94. The third kappa shape index (κ3) is 2.28. The summed E-state index contributed by atoms with van der Waals surface area (Å²) in [6.07, 6.45) is 3.40. The third-order valence-electron chi connectivity index (χ3n) is 3.62. The molecule has 1 unspecified atom stereocenters. The van der Waals surface area contributed by atoms with Gasteiger partial charge < -0.3 is 5.73 Å². The summed E-state index contributed by atoms with van der Waals surface area (Å²) < 4.78 is 0. The molecule has 20 heavy (non-hydrogen) atoms. The molecule has 0 amide bonds. The average Bonchev–Trinajstić information content (AvgIpc) is 2.48. The number of hydrogen-bond donors (Lipinski definition) is 1. The fourth-order valence-corrected chi connectivity index (χ4v) is 2.45. The predicted octanol–water partition coefficient (Wildman–Crippen LogP) is 3.29. The highest BCUT2D eigenvalue weighted by Gasteiger charge is 2.12. The summed E-state index contributed by atoms with van der Waals surface area (Å²) in [4.78, 5) is 8.62. The first-order chi connectivity index (χ1) is 9.65. The molecule has 0 aliphatic rings. The van der Waals surface area contributed by atoms with Gasteiger partial charge >= 0.3 is 0 Å². The molecule has 0 spiro atoms. The summed E-state index contributed by atoms with van der Waals surface area (Å²) in [7, 11) is 0. The quantitative estimate of drug-likeness (QED) is 0.771. The summed E-state index contributed by atoms with van der Waals surface area (Å²) >= 11 is 0. The second-order valence-corrected chi connectivity index (χ2v) is 5.14. The van der Waals surface area contributed by atoms with Gasteiger partial charge in [0, 0.05) is 12.4 Å². The van der Waals surface area contributed by atoms with Crippen molar-refractivity contribution >= 4 is 11.0 Å². The Morgan fingerprint density at radius 1 is 0.900 bits per heavy atom. The van der Waals surface area contributed by atoms with Crippen LogP contribution in [0, 0.1) is 13.8 Å². The summed E-state index contributed by atoms with van der Waals surface area (Å²) in [5.74, 6) is 0. The minimum Gasteiger partial charge on any atom is -0.320 e. The van der Waals surface area contributed by atoms with Crippen LogP contribution in [0.5, 0.6) is 0 Å². The lowest BCUT2D eigenvalue weighted by Gasteiger charge is -2.16. The standard InChI is InChI=1S/C17H17N3/c1-11-3-4-12(2)14(9-11)17(18)13-5-6-15-16(10-13)20-8-7-19-15/h3-10,17H,18H2,1-2H3. The van der Waals surface area contributed by atoms with Crippen LogP contribution in [0.25, 0.3) is 11.0 Å². The van der Waals surface area contributed by atoms with Crippen LogP contribution in [0.2, 0.25) is 0 Å². The maximum Gasteiger partial charge on any atom is 0.0890 e. The topological polar surface area (TPSA) is 51.8 Å². The number of aromatic nitrogens is 2. The first-order valence-electron chi connectivity index (χ1n) is 6.68. The van der Waals surface area contributed by atoms with E-state index in [2.05, 4.69) is 42.0 Å². The van der Waals surface area contributed by atoms with Gasteiger partial charge in [-0.1, -0.05) is 29.8 Å². The molecule has 100 valence electrons. The monoisotopic (exact) mass is 263 g/mol. The minimum absolute atomic E-state index is 0.138. The normalized spacial score (nSPS) is 12.6. The van der Waals surface area contributed by atoms with Crippen LogP contribution in [0.3, 0.4) is 0 Å². The molecule has 0 radical (unpaired) electrons. The van der Waals surface area contributed by atoms with Crippen LogP contribution in [-0.4, -0.2) is 9.97 Å². The van der Waals surface area contributed by atoms with E-state index in [1.165, 1.54) is 11.1 Å². The van der Waals surface area contributed by atoms with Crippen LogP contribution in [0.4, 0.5) is 0 Å². The van der Waals surface area contributed by atoms with E-state index in [1.807, 2.05) is 18.2 Å². The van der Waals surface area contributed by atoms with Crippen molar-refractivity contribution in [2.75, 3.05) is 0 Å². The van der Waals surface area contributed by atoms with Crippen molar-refractivity contribution in [1.82, 2.24) is 9.97 Å². The number of nitrogens with zero attached hydrogens (tertiary/aromatic N) is 2. The number of fused-ring (bicyclic) bond motifs is 1. The smallest absolute Gasteiger partial charge is 0.0890 e. The van der Waals surface area contributed by atoms with E-state index >= 15 is 0 Å². The van der Waals surface area contributed by atoms with Gasteiger partial charge in [0.05, 0.1) is 17.1 Å². The van der Waals surface area contributed by atoms with E-state index in [1.54, 1.807) is 12.4 Å². The molecule has 0 fully saturated rings. The van der Waals surface area contributed by atoms with Crippen molar-refractivity contribution in [2.45, 2.75) is 19.9 Å². The van der Waals surface area contributed by atoms with Crippen LogP contribution in [0.1, 0.15) is 28.3 Å². The van der Waals surface area contributed by atoms with Crippen LogP contribution < -0.4 is 5.73 Å². The molecule has 1 atom stereocenters. The average molecular weight is 263 g/mol. The second kappa shape index (κ2) is 5.02. The van der Waals surface area contributed by atoms with E-state index in [-0.39, 0.29) is 6.04 Å². The Kier molecular flexibility index (Phi) is 3.20. The third-order valence-corrected chi connectivity index (χ3v) is 3.62. The molecule has 0 aliphatic carbocycles.